The van der Waals surface area contributed by atoms with Crippen LogP contribution in [0, 0.1) is 17.6 Å². The van der Waals surface area contributed by atoms with Crippen LogP contribution in [-0.2, 0) is 9.53 Å². The number of benzene rings is 1. The molecule has 0 bridgehead atoms. The number of carbonyl (C=O) groups excluding carboxylic acids is 1. The van der Waals surface area contributed by atoms with Crippen LogP contribution in [-0.4, -0.2) is 17.7 Å². The molecule has 0 aliphatic carbocycles. The van der Waals surface area contributed by atoms with E-state index in [1.165, 1.54) is 6.07 Å². The molecule has 2 N–H and O–H groups in total. The first-order chi connectivity index (χ1) is 10.8. The highest BCUT2D eigenvalue weighted by atomic mass is 32.1. The first kappa shape index (κ1) is 17.3. The Kier molecular flexibility index (Phi) is 5.30. The van der Waals surface area contributed by atoms with Gasteiger partial charge in [-0.1, -0.05) is 19.9 Å². The molecule has 1 aliphatic heterocycles. The van der Waals surface area contributed by atoms with Gasteiger partial charge in [0.1, 0.15) is 0 Å². The van der Waals surface area contributed by atoms with E-state index in [1.54, 1.807) is 6.92 Å². The molecule has 0 aromatic heterocycles. The summed E-state index contributed by atoms with van der Waals surface area (Å²) in [7, 11) is 0. The van der Waals surface area contributed by atoms with Gasteiger partial charge in [0, 0.05) is 5.70 Å². The van der Waals surface area contributed by atoms with E-state index in [0.717, 1.165) is 12.1 Å². The Morgan fingerprint density at radius 1 is 1.35 bits per heavy atom. The lowest BCUT2D eigenvalue weighted by atomic mass is 9.95. The highest BCUT2D eigenvalue weighted by Gasteiger charge is 2.31. The molecule has 1 aliphatic rings. The Hall–Kier alpha value is -2.02. The van der Waals surface area contributed by atoms with Gasteiger partial charge in [-0.2, -0.15) is 0 Å². The highest BCUT2D eigenvalue weighted by Crippen LogP contribution is 2.28. The van der Waals surface area contributed by atoms with Gasteiger partial charge in [0.15, 0.2) is 16.7 Å². The van der Waals surface area contributed by atoms with E-state index in [-0.39, 0.29) is 12.5 Å². The van der Waals surface area contributed by atoms with E-state index in [4.69, 9.17) is 17.0 Å². The van der Waals surface area contributed by atoms with Crippen molar-refractivity contribution in [2.24, 2.45) is 5.92 Å². The minimum Gasteiger partial charge on any atom is -0.462 e. The predicted molar refractivity (Wildman–Crippen MR) is 86.5 cm³/mol. The standard InChI is InChI=1S/C16H18F2N2O2S/c1-8(2)7-22-15(21)13-9(3)19-16(23)20-14(13)10-4-5-11(17)12(18)6-10/h4-6,8,14H,7H2,1-3H3,(H2,19,20,23)/t14-/m1/s1. The van der Waals surface area contributed by atoms with Gasteiger partial charge in [-0.05, 0) is 42.8 Å². The van der Waals surface area contributed by atoms with Crippen LogP contribution in [0.25, 0.3) is 0 Å². The van der Waals surface area contributed by atoms with Gasteiger partial charge in [0.2, 0.25) is 0 Å². The summed E-state index contributed by atoms with van der Waals surface area (Å²) in [6.45, 7) is 5.80. The number of rotatable bonds is 4. The van der Waals surface area contributed by atoms with Gasteiger partial charge in [-0.3, -0.25) is 0 Å². The van der Waals surface area contributed by atoms with Gasteiger partial charge in [0.25, 0.3) is 0 Å². The van der Waals surface area contributed by atoms with E-state index in [0.29, 0.717) is 21.9 Å². The fourth-order valence-electron chi connectivity index (χ4n) is 2.23. The normalized spacial score (nSPS) is 17.8. The van der Waals surface area contributed by atoms with Crippen LogP contribution in [0.5, 0.6) is 0 Å². The monoisotopic (exact) mass is 340 g/mol. The maximum absolute atomic E-state index is 13.5. The van der Waals surface area contributed by atoms with E-state index in [1.807, 2.05) is 13.8 Å². The largest absolute Gasteiger partial charge is 0.462 e. The summed E-state index contributed by atoms with van der Waals surface area (Å²) in [6.07, 6.45) is 0. The third-order valence-electron chi connectivity index (χ3n) is 3.31. The molecule has 2 rings (SSSR count). The molecule has 1 aromatic rings. The summed E-state index contributed by atoms with van der Waals surface area (Å²) < 4.78 is 31.9. The minimum absolute atomic E-state index is 0.187. The van der Waals surface area contributed by atoms with Crippen LogP contribution in [0.3, 0.4) is 0 Å². The van der Waals surface area contributed by atoms with Gasteiger partial charge in [0.05, 0.1) is 18.2 Å². The number of allylic oxidation sites excluding steroid dienone is 1. The van der Waals surface area contributed by atoms with Crippen molar-refractivity contribution in [3.8, 4) is 0 Å². The summed E-state index contributed by atoms with van der Waals surface area (Å²) in [5, 5.41) is 6.06. The number of thiocarbonyl (C=S) groups is 1. The van der Waals surface area contributed by atoms with Gasteiger partial charge in [-0.15, -0.1) is 0 Å². The number of ether oxygens (including phenoxy) is 1. The molecule has 0 fully saturated rings. The van der Waals surface area contributed by atoms with E-state index >= 15 is 0 Å². The van der Waals surface area contributed by atoms with E-state index < -0.39 is 23.6 Å². The number of esters is 1. The molecule has 0 saturated carbocycles. The van der Waals surface area contributed by atoms with Crippen molar-refractivity contribution < 1.29 is 18.3 Å². The topological polar surface area (TPSA) is 50.4 Å². The molecule has 0 amide bonds. The zero-order valence-corrected chi connectivity index (χ0v) is 13.9. The molecule has 4 nitrogen and oxygen atoms in total. The Bertz CT molecular complexity index is 674. The van der Waals surface area contributed by atoms with Crippen LogP contribution < -0.4 is 10.6 Å². The Morgan fingerprint density at radius 2 is 2.04 bits per heavy atom. The zero-order chi connectivity index (χ0) is 17.1. The lowest BCUT2D eigenvalue weighted by Crippen LogP contribution is -2.45. The maximum atomic E-state index is 13.5. The average Bonchev–Trinajstić information content (AvgIpc) is 2.46. The lowest BCUT2D eigenvalue weighted by Gasteiger charge is -2.30. The Balaban J connectivity index is 2.37. The first-order valence-corrected chi connectivity index (χ1v) is 7.60. The summed E-state index contributed by atoms with van der Waals surface area (Å²) >= 11 is 5.09. The van der Waals surface area contributed by atoms with Crippen molar-refractivity contribution in [3.63, 3.8) is 0 Å². The second kappa shape index (κ2) is 7.04. The van der Waals surface area contributed by atoms with Crippen LogP contribution >= 0.6 is 12.2 Å². The van der Waals surface area contributed by atoms with Crippen LogP contribution in [0.15, 0.2) is 29.5 Å². The molecule has 0 radical (unpaired) electrons. The maximum Gasteiger partial charge on any atom is 0.338 e. The van der Waals surface area contributed by atoms with Crippen molar-refractivity contribution in [2.45, 2.75) is 26.8 Å². The fourth-order valence-corrected chi connectivity index (χ4v) is 2.50. The van der Waals surface area contributed by atoms with Crippen LogP contribution in [0.2, 0.25) is 0 Å². The molecule has 1 atom stereocenters. The van der Waals surface area contributed by atoms with Crippen molar-refractivity contribution in [2.75, 3.05) is 6.61 Å². The van der Waals surface area contributed by atoms with E-state index in [9.17, 15) is 13.6 Å². The van der Waals surface area contributed by atoms with Crippen molar-refractivity contribution in [1.29, 1.82) is 0 Å². The summed E-state index contributed by atoms with van der Waals surface area (Å²) in [6, 6.07) is 2.78. The van der Waals surface area contributed by atoms with Gasteiger partial charge < -0.3 is 15.4 Å². The predicted octanol–water partition coefficient (Wildman–Crippen LogP) is 2.96. The third-order valence-corrected chi connectivity index (χ3v) is 3.53. The zero-order valence-electron chi connectivity index (χ0n) is 13.1. The lowest BCUT2D eigenvalue weighted by molar-refractivity contribution is -0.140. The molecule has 1 aromatic carbocycles. The molecule has 0 spiro atoms. The number of nitrogens with one attached hydrogen (secondary N) is 2. The fraction of sp³-hybridized carbons (Fsp3) is 0.375. The second-order valence-corrected chi connectivity index (χ2v) is 6.14. The molecule has 23 heavy (non-hydrogen) atoms. The van der Waals surface area contributed by atoms with Gasteiger partial charge in [-0.25, -0.2) is 13.6 Å². The van der Waals surface area contributed by atoms with E-state index in [2.05, 4.69) is 10.6 Å². The number of halogens is 2. The molecule has 7 heteroatoms. The number of hydrogen-bond acceptors (Lipinski definition) is 3. The first-order valence-electron chi connectivity index (χ1n) is 7.20. The van der Waals surface area contributed by atoms with Crippen molar-refractivity contribution in [3.05, 3.63) is 46.7 Å². The summed E-state index contributed by atoms with van der Waals surface area (Å²) in [5.74, 6) is -2.27. The minimum atomic E-state index is -0.985. The number of carbonyl (C=O) groups is 1. The molecule has 0 saturated heterocycles. The average molecular weight is 340 g/mol. The molecule has 0 unspecified atom stereocenters. The summed E-state index contributed by atoms with van der Waals surface area (Å²) in [4.78, 5) is 12.4. The van der Waals surface area contributed by atoms with Gasteiger partial charge >= 0.3 is 5.97 Å². The van der Waals surface area contributed by atoms with Crippen LogP contribution in [0.1, 0.15) is 32.4 Å². The van der Waals surface area contributed by atoms with Crippen LogP contribution in [0.4, 0.5) is 8.78 Å². The van der Waals surface area contributed by atoms with Crippen molar-refractivity contribution >= 4 is 23.3 Å². The summed E-state index contributed by atoms with van der Waals surface area (Å²) in [5.41, 5.74) is 1.21. The Morgan fingerprint density at radius 3 is 2.65 bits per heavy atom. The molecule has 1 heterocycles. The highest BCUT2D eigenvalue weighted by molar-refractivity contribution is 7.80. The molecular weight excluding hydrogens is 322 g/mol. The Labute approximate surface area is 138 Å². The van der Waals surface area contributed by atoms with Crippen molar-refractivity contribution in [1.82, 2.24) is 10.6 Å². The quantitative estimate of drug-likeness (QED) is 0.652. The molecule has 124 valence electrons. The smallest absolute Gasteiger partial charge is 0.338 e. The molecular formula is C16H18F2N2O2S. The number of hydrogen-bond donors (Lipinski definition) is 2. The third kappa shape index (κ3) is 4.04. The second-order valence-electron chi connectivity index (χ2n) is 5.74. The SMILES string of the molecule is CC1=C(C(=O)OCC(C)C)[C@@H](c2ccc(F)c(F)c2)NC(=S)N1.